The molecule has 0 amide bonds. The standard InChI is InChI=1S/C16H18N2O2S/c1-13-6-5-7-14(12-13)21(19,20)18-11-10-17(2)15-8-3-4-9-16(15)18/h3-9,12H,10-11H2,1-2H3. The molecule has 110 valence electrons. The molecule has 0 aromatic heterocycles. The maximum atomic E-state index is 12.9. The summed E-state index contributed by atoms with van der Waals surface area (Å²) in [4.78, 5) is 2.43. The number of rotatable bonds is 2. The van der Waals surface area contributed by atoms with E-state index in [1.54, 1.807) is 18.2 Å². The van der Waals surface area contributed by atoms with E-state index in [1.165, 1.54) is 4.31 Å². The Morgan fingerprint density at radius 3 is 2.38 bits per heavy atom. The van der Waals surface area contributed by atoms with Gasteiger partial charge in [0.15, 0.2) is 0 Å². The molecular formula is C16H18N2O2S. The molecule has 3 rings (SSSR count). The number of hydrogen-bond acceptors (Lipinski definition) is 3. The highest BCUT2D eigenvalue weighted by Gasteiger charge is 2.30. The van der Waals surface area contributed by atoms with E-state index in [9.17, 15) is 8.42 Å². The molecule has 2 aromatic carbocycles. The van der Waals surface area contributed by atoms with Crippen molar-refractivity contribution in [3.8, 4) is 0 Å². The molecule has 0 spiro atoms. The van der Waals surface area contributed by atoms with E-state index in [-0.39, 0.29) is 0 Å². The number of benzene rings is 2. The van der Waals surface area contributed by atoms with Gasteiger partial charge in [-0.05, 0) is 36.8 Å². The Labute approximate surface area is 125 Å². The van der Waals surface area contributed by atoms with Crippen molar-refractivity contribution in [2.45, 2.75) is 11.8 Å². The maximum Gasteiger partial charge on any atom is 0.264 e. The third-order valence-electron chi connectivity index (χ3n) is 3.78. The van der Waals surface area contributed by atoms with Crippen molar-refractivity contribution in [3.63, 3.8) is 0 Å². The first-order valence-corrected chi connectivity index (χ1v) is 8.34. The predicted molar refractivity (Wildman–Crippen MR) is 85.4 cm³/mol. The van der Waals surface area contributed by atoms with Crippen LogP contribution in [0.3, 0.4) is 0 Å². The molecule has 0 saturated heterocycles. The first kappa shape index (κ1) is 13.9. The number of likely N-dealkylation sites (N-methyl/N-ethyl adjacent to an activating group) is 1. The number of para-hydroxylation sites is 2. The van der Waals surface area contributed by atoms with Crippen LogP contribution in [0.4, 0.5) is 11.4 Å². The number of fused-ring (bicyclic) bond motifs is 1. The highest BCUT2D eigenvalue weighted by molar-refractivity contribution is 7.92. The summed E-state index contributed by atoms with van der Waals surface area (Å²) in [6, 6.07) is 14.7. The Bertz CT molecular complexity index is 771. The van der Waals surface area contributed by atoms with Gasteiger partial charge < -0.3 is 4.90 Å². The molecular weight excluding hydrogens is 284 g/mol. The second kappa shape index (κ2) is 5.07. The van der Waals surface area contributed by atoms with Gasteiger partial charge in [-0.2, -0.15) is 0 Å². The van der Waals surface area contributed by atoms with Crippen molar-refractivity contribution in [1.29, 1.82) is 0 Å². The Morgan fingerprint density at radius 1 is 0.952 bits per heavy atom. The van der Waals surface area contributed by atoms with Crippen molar-refractivity contribution >= 4 is 21.4 Å². The van der Waals surface area contributed by atoms with Gasteiger partial charge in [-0.1, -0.05) is 24.3 Å². The molecule has 5 heteroatoms. The summed E-state index contributed by atoms with van der Waals surface area (Å²) in [5.74, 6) is 0. The van der Waals surface area contributed by atoms with Gasteiger partial charge in [-0.15, -0.1) is 0 Å². The van der Waals surface area contributed by atoms with E-state index in [1.807, 2.05) is 44.3 Å². The SMILES string of the molecule is Cc1cccc(S(=O)(=O)N2CCN(C)c3ccccc32)c1. The van der Waals surface area contributed by atoms with Crippen molar-refractivity contribution in [2.75, 3.05) is 29.3 Å². The van der Waals surface area contributed by atoms with E-state index < -0.39 is 10.0 Å². The normalized spacial score (nSPS) is 15.0. The summed E-state index contributed by atoms with van der Waals surface area (Å²) in [6.07, 6.45) is 0. The van der Waals surface area contributed by atoms with Crippen LogP contribution in [0.2, 0.25) is 0 Å². The highest BCUT2D eigenvalue weighted by Crippen LogP contribution is 2.35. The number of hydrogen-bond donors (Lipinski definition) is 0. The minimum absolute atomic E-state index is 0.349. The van der Waals surface area contributed by atoms with Gasteiger partial charge in [0, 0.05) is 13.6 Å². The lowest BCUT2D eigenvalue weighted by Gasteiger charge is -2.36. The molecule has 1 aliphatic heterocycles. The van der Waals surface area contributed by atoms with E-state index in [4.69, 9.17) is 0 Å². The van der Waals surface area contributed by atoms with E-state index in [0.29, 0.717) is 18.0 Å². The molecule has 21 heavy (non-hydrogen) atoms. The van der Waals surface area contributed by atoms with Crippen LogP contribution in [0.1, 0.15) is 5.56 Å². The lowest BCUT2D eigenvalue weighted by atomic mass is 10.2. The molecule has 0 unspecified atom stereocenters. The largest absolute Gasteiger partial charge is 0.371 e. The summed E-state index contributed by atoms with van der Waals surface area (Å²) in [5, 5.41) is 0. The van der Waals surface area contributed by atoms with Crippen molar-refractivity contribution in [2.24, 2.45) is 0 Å². The average molecular weight is 302 g/mol. The molecule has 1 aliphatic rings. The summed E-state index contributed by atoms with van der Waals surface area (Å²) < 4.78 is 27.3. The van der Waals surface area contributed by atoms with Gasteiger partial charge in [0.1, 0.15) is 0 Å². The van der Waals surface area contributed by atoms with Crippen LogP contribution in [0.5, 0.6) is 0 Å². The zero-order chi connectivity index (χ0) is 15.0. The molecule has 0 bridgehead atoms. The van der Waals surface area contributed by atoms with Gasteiger partial charge in [-0.25, -0.2) is 8.42 Å². The molecule has 0 atom stereocenters. The minimum atomic E-state index is -3.51. The summed E-state index contributed by atoms with van der Waals surface area (Å²) in [5.41, 5.74) is 2.63. The lowest BCUT2D eigenvalue weighted by Crippen LogP contribution is -2.42. The fourth-order valence-electron chi connectivity index (χ4n) is 2.63. The zero-order valence-corrected chi connectivity index (χ0v) is 13.0. The molecule has 0 radical (unpaired) electrons. The lowest BCUT2D eigenvalue weighted by molar-refractivity contribution is 0.589. The second-order valence-corrected chi connectivity index (χ2v) is 7.17. The Hall–Kier alpha value is -2.01. The van der Waals surface area contributed by atoms with Crippen LogP contribution < -0.4 is 9.21 Å². The third kappa shape index (κ3) is 2.38. The van der Waals surface area contributed by atoms with Crippen LogP contribution in [-0.2, 0) is 10.0 Å². The van der Waals surface area contributed by atoms with Crippen LogP contribution >= 0.6 is 0 Å². The van der Waals surface area contributed by atoms with Crippen LogP contribution in [0.15, 0.2) is 53.4 Å². The molecule has 0 saturated carbocycles. The van der Waals surface area contributed by atoms with Crippen LogP contribution in [-0.4, -0.2) is 28.6 Å². The van der Waals surface area contributed by atoms with Crippen molar-refractivity contribution in [3.05, 3.63) is 54.1 Å². The molecule has 4 nitrogen and oxygen atoms in total. The summed E-state index contributed by atoms with van der Waals surface area (Å²) in [6.45, 7) is 3.04. The van der Waals surface area contributed by atoms with Crippen molar-refractivity contribution in [1.82, 2.24) is 0 Å². The van der Waals surface area contributed by atoms with Gasteiger partial charge in [0.25, 0.3) is 10.0 Å². The molecule has 2 aromatic rings. The molecule has 0 fully saturated rings. The Kier molecular flexibility index (Phi) is 3.37. The maximum absolute atomic E-state index is 12.9. The van der Waals surface area contributed by atoms with E-state index in [0.717, 1.165) is 16.9 Å². The van der Waals surface area contributed by atoms with Crippen molar-refractivity contribution < 1.29 is 8.42 Å². The Balaban J connectivity index is 2.11. The quantitative estimate of drug-likeness (QED) is 0.856. The van der Waals surface area contributed by atoms with Gasteiger partial charge in [0.2, 0.25) is 0 Å². The third-order valence-corrected chi connectivity index (χ3v) is 5.59. The van der Waals surface area contributed by atoms with Crippen LogP contribution in [0, 0.1) is 6.92 Å². The van der Waals surface area contributed by atoms with Gasteiger partial charge in [-0.3, -0.25) is 4.31 Å². The number of anilines is 2. The first-order valence-electron chi connectivity index (χ1n) is 6.90. The predicted octanol–water partition coefficient (Wildman–Crippen LogP) is 2.64. The van der Waals surface area contributed by atoms with Gasteiger partial charge >= 0.3 is 0 Å². The summed E-state index contributed by atoms with van der Waals surface area (Å²) >= 11 is 0. The molecule has 0 aliphatic carbocycles. The average Bonchev–Trinajstić information content (AvgIpc) is 2.47. The summed E-state index contributed by atoms with van der Waals surface area (Å²) in [7, 11) is -1.53. The molecule has 1 heterocycles. The topological polar surface area (TPSA) is 40.6 Å². The zero-order valence-electron chi connectivity index (χ0n) is 12.2. The monoisotopic (exact) mass is 302 g/mol. The Morgan fingerprint density at radius 2 is 1.67 bits per heavy atom. The van der Waals surface area contributed by atoms with E-state index in [2.05, 4.69) is 4.90 Å². The minimum Gasteiger partial charge on any atom is -0.371 e. The smallest absolute Gasteiger partial charge is 0.264 e. The second-order valence-electron chi connectivity index (χ2n) is 5.30. The number of aryl methyl sites for hydroxylation is 1. The first-order chi connectivity index (χ1) is 10.00. The fraction of sp³-hybridized carbons (Fsp3) is 0.250. The van der Waals surface area contributed by atoms with Gasteiger partial charge in [0.05, 0.1) is 22.8 Å². The number of sulfonamides is 1. The highest BCUT2D eigenvalue weighted by atomic mass is 32.2. The van der Waals surface area contributed by atoms with Crippen LogP contribution in [0.25, 0.3) is 0 Å². The fourth-order valence-corrected chi connectivity index (χ4v) is 4.21. The number of nitrogens with zero attached hydrogens (tertiary/aromatic N) is 2. The molecule has 0 N–H and O–H groups in total. The van der Waals surface area contributed by atoms with E-state index >= 15 is 0 Å².